The van der Waals surface area contributed by atoms with Gasteiger partial charge in [-0.25, -0.2) is 0 Å². The molecule has 83 heavy (non-hydrogen) atoms. The molecule has 0 fully saturated rings. The first-order valence-electron chi connectivity index (χ1n) is 28.0. The van der Waals surface area contributed by atoms with Crippen molar-refractivity contribution in [2.24, 2.45) is 0 Å². The minimum atomic E-state index is 0.343. The smallest absolute Gasteiger partial charge is 0.137 e. The SMILES string of the molecule is N#Cc1c(-n2c3ccccc3c3ccccc32)c(C#N)c(-n2c3ccccc3c3ccccc32)c(-n2c3cc(-c4cccc5ccc6ccccc6c45)ccc3c3ccc4oc5ccccc5c4c32)c1-n1c2ccccc2c2ccccc21. The fourth-order valence-corrected chi connectivity index (χ4v) is 14.3. The molecule has 0 amide bonds. The van der Waals surface area contributed by atoms with Gasteiger partial charge in [-0.15, -0.1) is 0 Å². The number of benzene rings is 13. The third-order valence-electron chi connectivity index (χ3n) is 17.6. The van der Waals surface area contributed by atoms with E-state index in [0.29, 0.717) is 33.9 Å². The maximum atomic E-state index is 12.8. The van der Waals surface area contributed by atoms with Crippen molar-refractivity contribution in [2.45, 2.75) is 0 Å². The van der Waals surface area contributed by atoms with Crippen LogP contribution >= 0.6 is 0 Å². The zero-order valence-electron chi connectivity index (χ0n) is 44.3. The predicted octanol–water partition coefficient (Wildman–Crippen LogP) is 19.7. The van der Waals surface area contributed by atoms with Crippen molar-refractivity contribution < 1.29 is 4.42 Å². The minimum absolute atomic E-state index is 0.343. The maximum absolute atomic E-state index is 12.8. The average Bonchev–Trinajstić information content (AvgIpc) is 2.50. The Morgan fingerprint density at radius 1 is 0.277 bits per heavy atom. The summed E-state index contributed by atoms with van der Waals surface area (Å²) in [4.78, 5) is 0. The van der Waals surface area contributed by atoms with Gasteiger partial charge in [-0.3, -0.25) is 0 Å². The molecule has 13 aromatic carbocycles. The quantitative estimate of drug-likeness (QED) is 0.161. The molecule has 0 aliphatic rings. The lowest BCUT2D eigenvalue weighted by atomic mass is 9.93. The third kappa shape index (κ3) is 6.04. The van der Waals surface area contributed by atoms with E-state index in [-0.39, 0.29) is 0 Å². The van der Waals surface area contributed by atoms with Crippen molar-refractivity contribution >= 4 is 131 Å². The molecule has 0 saturated carbocycles. The van der Waals surface area contributed by atoms with E-state index in [1.54, 1.807) is 0 Å². The Kier molecular flexibility index (Phi) is 9.23. The highest BCUT2D eigenvalue weighted by atomic mass is 16.3. The molecule has 5 heterocycles. The van der Waals surface area contributed by atoms with Crippen LogP contribution in [0.15, 0.2) is 259 Å². The number of aromatic nitrogens is 4. The van der Waals surface area contributed by atoms with Crippen LogP contribution in [0.3, 0.4) is 0 Å². The van der Waals surface area contributed by atoms with Crippen LogP contribution in [0, 0.1) is 22.7 Å². The number of furan rings is 1. The lowest BCUT2D eigenvalue weighted by molar-refractivity contribution is 0.669. The molecule has 7 heteroatoms. The molecule has 0 saturated heterocycles. The number of hydrogen-bond donors (Lipinski definition) is 0. The van der Waals surface area contributed by atoms with E-state index in [1.807, 2.05) is 24.3 Å². The van der Waals surface area contributed by atoms with Gasteiger partial charge in [-0.05, 0) is 93.3 Å². The van der Waals surface area contributed by atoms with Crippen LogP contribution in [0.1, 0.15) is 11.1 Å². The van der Waals surface area contributed by atoms with Gasteiger partial charge in [0.1, 0.15) is 34.4 Å². The number of hydrogen-bond acceptors (Lipinski definition) is 3. The summed E-state index contributed by atoms with van der Waals surface area (Å²) in [5.41, 5.74) is 13.9. The van der Waals surface area contributed by atoms with Crippen molar-refractivity contribution in [1.82, 2.24) is 18.3 Å². The maximum Gasteiger partial charge on any atom is 0.137 e. The lowest BCUT2D eigenvalue weighted by Crippen LogP contribution is -2.17. The van der Waals surface area contributed by atoms with E-state index in [1.165, 1.54) is 16.2 Å². The number of nitriles is 2. The zero-order chi connectivity index (χ0) is 54.6. The van der Waals surface area contributed by atoms with Crippen molar-refractivity contribution in [3.63, 3.8) is 0 Å². The van der Waals surface area contributed by atoms with E-state index < -0.39 is 0 Å². The van der Waals surface area contributed by atoms with Crippen molar-refractivity contribution in [3.05, 3.63) is 266 Å². The molecule has 7 nitrogen and oxygen atoms in total. The van der Waals surface area contributed by atoms with Crippen LogP contribution in [0.2, 0.25) is 0 Å². The first-order valence-corrected chi connectivity index (χ1v) is 28.0. The minimum Gasteiger partial charge on any atom is -0.456 e. The largest absolute Gasteiger partial charge is 0.456 e. The van der Waals surface area contributed by atoms with Gasteiger partial charge < -0.3 is 22.7 Å². The lowest BCUT2D eigenvalue weighted by Gasteiger charge is -2.27. The number of nitrogens with zero attached hydrogens (tertiary/aromatic N) is 6. The highest BCUT2D eigenvalue weighted by molar-refractivity contribution is 6.26. The Morgan fingerprint density at radius 2 is 0.699 bits per heavy atom. The van der Waals surface area contributed by atoms with E-state index in [2.05, 4.69) is 261 Å². The summed E-state index contributed by atoms with van der Waals surface area (Å²) < 4.78 is 16.1. The Morgan fingerprint density at radius 3 is 1.23 bits per heavy atom. The predicted molar refractivity (Wildman–Crippen MR) is 341 cm³/mol. The molecule has 18 aromatic rings. The Hall–Kier alpha value is -11.6. The molecule has 0 atom stereocenters. The fourth-order valence-electron chi connectivity index (χ4n) is 14.3. The highest BCUT2D eigenvalue weighted by Gasteiger charge is 2.35. The first kappa shape index (κ1) is 45.2. The first-order chi connectivity index (χ1) is 41.2. The van der Waals surface area contributed by atoms with Crippen LogP contribution in [-0.2, 0) is 0 Å². The number of rotatable bonds is 5. The van der Waals surface area contributed by atoms with Crippen molar-refractivity contribution in [2.75, 3.05) is 0 Å². The van der Waals surface area contributed by atoms with Crippen LogP contribution < -0.4 is 0 Å². The standard InChI is InChI=1S/C76H42N6O/c77-43-59-72(79-61-29-10-3-21-50(61)51-22-4-11-30-62(51)79)60(44-78)75(81-65-33-14-7-25-54(65)55-26-8-15-34-66(55)81)76(74(59)80-63-31-12-5-23-52(63)53-24-6-13-32-64(53)80)82-67-42-47(49-28-17-19-46-37-36-45-18-1-2-20-48(45)70(46)49)38-39-56(67)57-40-41-69-71(73(57)82)58-27-9-16-35-68(58)83-69/h1-42H. The summed E-state index contributed by atoms with van der Waals surface area (Å²) in [5.74, 6) is 0. The zero-order valence-corrected chi connectivity index (χ0v) is 44.3. The summed E-state index contributed by atoms with van der Waals surface area (Å²) in [7, 11) is 0. The average molecular weight is 1060 g/mol. The van der Waals surface area contributed by atoms with Gasteiger partial charge >= 0.3 is 0 Å². The summed E-state index contributed by atoms with van der Waals surface area (Å²) >= 11 is 0. The topological polar surface area (TPSA) is 80.4 Å². The molecule has 18 rings (SSSR count). The molecule has 0 bridgehead atoms. The molecular formula is C76H42N6O. The monoisotopic (exact) mass is 1050 g/mol. The second-order valence-electron chi connectivity index (χ2n) is 21.7. The van der Waals surface area contributed by atoms with Crippen LogP contribution in [0.25, 0.3) is 165 Å². The van der Waals surface area contributed by atoms with E-state index >= 15 is 0 Å². The summed E-state index contributed by atoms with van der Waals surface area (Å²) in [6.07, 6.45) is 0. The van der Waals surface area contributed by atoms with Crippen LogP contribution in [0.5, 0.6) is 0 Å². The molecule has 0 N–H and O–H groups in total. The summed E-state index contributed by atoms with van der Waals surface area (Å²) in [5, 5.41) is 40.2. The van der Waals surface area contributed by atoms with Gasteiger partial charge in [0.15, 0.2) is 0 Å². The van der Waals surface area contributed by atoms with Gasteiger partial charge in [-0.2, -0.15) is 10.5 Å². The van der Waals surface area contributed by atoms with E-state index in [0.717, 1.165) is 126 Å². The Labute approximate surface area is 473 Å². The van der Waals surface area contributed by atoms with Gasteiger partial charge in [0.05, 0.1) is 72.3 Å². The second-order valence-corrected chi connectivity index (χ2v) is 21.7. The summed E-state index contributed by atoms with van der Waals surface area (Å²) in [6, 6.07) is 95.6. The molecule has 0 radical (unpaired) electrons. The number of fused-ring (bicyclic) bond motifs is 19. The molecule has 382 valence electrons. The van der Waals surface area contributed by atoms with Gasteiger partial charge in [-0.1, -0.05) is 194 Å². The van der Waals surface area contributed by atoms with Gasteiger partial charge in [0.25, 0.3) is 0 Å². The summed E-state index contributed by atoms with van der Waals surface area (Å²) in [6.45, 7) is 0. The Bertz CT molecular complexity index is 5670. The molecule has 0 spiro atoms. The highest BCUT2D eigenvalue weighted by Crippen LogP contribution is 2.51. The Balaban J connectivity index is 1.16. The van der Waals surface area contributed by atoms with Gasteiger partial charge in [0, 0.05) is 48.5 Å². The molecule has 0 aliphatic heterocycles. The van der Waals surface area contributed by atoms with Crippen molar-refractivity contribution in [1.29, 1.82) is 10.5 Å². The molecule has 0 aliphatic carbocycles. The molecule has 0 unspecified atom stereocenters. The normalized spacial score (nSPS) is 12.1. The third-order valence-corrected chi connectivity index (χ3v) is 17.6. The molecular weight excluding hydrogens is 1010 g/mol. The second kappa shape index (κ2) is 16.9. The number of para-hydroxylation sites is 7. The molecule has 5 aromatic heterocycles. The van der Waals surface area contributed by atoms with E-state index in [4.69, 9.17) is 4.42 Å². The van der Waals surface area contributed by atoms with E-state index in [9.17, 15) is 10.5 Å². The van der Waals surface area contributed by atoms with Crippen LogP contribution in [0.4, 0.5) is 0 Å². The van der Waals surface area contributed by atoms with Crippen molar-refractivity contribution in [3.8, 4) is 46.0 Å². The fraction of sp³-hybridized carbons (Fsp3) is 0. The van der Waals surface area contributed by atoms with Gasteiger partial charge in [0.2, 0.25) is 0 Å². The van der Waals surface area contributed by atoms with Crippen LogP contribution in [-0.4, -0.2) is 18.3 Å².